The predicted molar refractivity (Wildman–Crippen MR) is 611 cm³/mol. The van der Waals surface area contributed by atoms with Crippen molar-refractivity contribution in [3.8, 4) is 6.07 Å². The zero-order valence-corrected chi connectivity index (χ0v) is 87.0. The molecule has 756 valence electrons. The van der Waals surface area contributed by atoms with Gasteiger partial charge in [0.15, 0.2) is 0 Å². The van der Waals surface area contributed by atoms with Crippen molar-refractivity contribution in [2.75, 3.05) is 11.5 Å². The van der Waals surface area contributed by atoms with Gasteiger partial charge < -0.3 is 43.8 Å². The van der Waals surface area contributed by atoms with E-state index in [9.17, 15) is 49.0 Å². The standard InChI is InChI=1S/C23H23NO2.C21H20N2O3.C21H22N2O.C20H18N2O3.C20H20N2O.C13H15N.C11H7N/c1-15-11-12-18(13-16(2)25)14-22(15)23(26)24-17(3)20-10-6-8-19-7-4-5-9-21(19)20;1-14-11-12-16(23(25)26)13-18(14)20(24)22-21(2,3)19-10-6-8-15-7-4-5-9-17(15)19;1-14-11-12-16(22)13-18(14)20(24)23-21(2,3)19-10-6-8-15-7-4-5-9-17(15)19;1-13-10-11-16(22(24)25)12-19(13)20(23)21-14(2)17-9-5-7-15-6-3-4-8-18(15)17;1-13-10-11-16(21)12-19(13)20(23)22-14(2)17-9-5-7-15-6-3-4-8-18(15)17;1-13(2,14)12-9-5-7-10-6-3-4-8-11(10)12;12-8-10-6-3-5-9-4-1-2-7-11(9)10/h4-12,14,17H,13H2,1-3H3,(H,24,26);4-13H,1-3H3,(H,22,24);4-13H,22H2,1-3H3,(H,23,24);3-12,14H,1-2H3,(H,21,23);3-12,14H,21H2,1-2H3,(H,22,23);3-9H,14H2,1-2H3;1-7H/t17-;;;2*14-;;/m1..11../s1. The van der Waals surface area contributed by atoms with Crippen LogP contribution >= 0.6 is 0 Å². The molecular formula is C129H125N11O10. The Labute approximate surface area is 875 Å². The summed E-state index contributed by atoms with van der Waals surface area (Å²) in [5.74, 6) is -0.892. The molecule has 0 fully saturated rings. The molecule has 0 saturated heterocycles. The molecule has 0 aliphatic carbocycles. The lowest BCUT2D eigenvalue weighted by Gasteiger charge is -2.29. The zero-order chi connectivity index (χ0) is 108. The Morgan fingerprint density at radius 1 is 0.313 bits per heavy atom. The van der Waals surface area contributed by atoms with Gasteiger partial charge in [0.05, 0.1) is 50.7 Å². The van der Waals surface area contributed by atoms with E-state index in [0.29, 0.717) is 56.7 Å². The Hall–Kier alpha value is -18.1. The maximum Gasteiger partial charge on any atom is 0.270 e. The van der Waals surface area contributed by atoms with Gasteiger partial charge in [-0.2, -0.15) is 5.26 Å². The van der Waals surface area contributed by atoms with Gasteiger partial charge in [-0.1, -0.05) is 328 Å². The summed E-state index contributed by atoms with van der Waals surface area (Å²) in [5.41, 5.74) is 32.1. The van der Waals surface area contributed by atoms with Gasteiger partial charge >= 0.3 is 0 Å². The Balaban J connectivity index is 0.000000148. The van der Waals surface area contributed by atoms with Crippen LogP contribution in [0.4, 0.5) is 22.7 Å². The van der Waals surface area contributed by atoms with Gasteiger partial charge in [0, 0.05) is 75.4 Å². The van der Waals surface area contributed by atoms with Gasteiger partial charge in [0.2, 0.25) is 0 Å². The minimum Gasteiger partial charge on any atom is -0.399 e. The van der Waals surface area contributed by atoms with Crippen molar-refractivity contribution in [2.45, 2.75) is 145 Å². The molecule has 0 spiro atoms. The fraction of sp³-hybridized carbons (Fsp3) is 0.171. The van der Waals surface area contributed by atoms with Crippen molar-refractivity contribution in [3.05, 3.63) is 509 Å². The molecule has 0 heterocycles. The number of carbonyl (C=O) groups excluding carboxylic acids is 6. The van der Waals surface area contributed by atoms with Crippen molar-refractivity contribution >= 4 is 133 Å². The number of nitrogen functional groups attached to an aromatic ring is 2. The second-order valence-corrected chi connectivity index (χ2v) is 39.1. The molecule has 19 aromatic carbocycles. The van der Waals surface area contributed by atoms with Crippen LogP contribution in [-0.2, 0) is 27.8 Å². The third kappa shape index (κ3) is 27.5. The Kier molecular flexibility index (Phi) is 35.8. The van der Waals surface area contributed by atoms with Crippen LogP contribution in [0.5, 0.6) is 0 Å². The lowest BCUT2D eigenvalue weighted by molar-refractivity contribution is -0.385. The largest absolute Gasteiger partial charge is 0.399 e. The molecule has 3 atom stereocenters. The quantitative estimate of drug-likeness (QED) is 0.0200. The van der Waals surface area contributed by atoms with E-state index >= 15 is 0 Å². The topological polar surface area (TPSA) is 351 Å². The Morgan fingerprint density at radius 3 is 0.900 bits per heavy atom. The lowest BCUT2D eigenvalue weighted by atomic mass is 9.89. The summed E-state index contributed by atoms with van der Waals surface area (Å²) < 4.78 is 0. The molecule has 19 aromatic rings. The number of ketones is 1. The summed E-state index contributed by atoms with van der Waals surface area (Å²) in [4.78, 5) is 96.0. The van der Waals surface area contributed by atoms with Crippen LogP contribution < -0.4 is 43.8 Å². The van der Waals surface area contributed by atoms with E-state index in [-0.39, 0.29) is 70.4 Å². The number of nitro groups is 2. The molecule has 21 heteroatoms. The number of rotatable bonds is 20. The van der Waals surface area contributed by atoms with Crippen molar-refractivity contribution in [1.29, 1.82) is 5.26 Å². The molecule has 0 aliphatic rings. The number of nitro benzene ring substituents is 2. The summed E-state index contributed by atoms with van der Waals surface area (Å²) >= 11 is 0. The number of hydrogen-bond acceptors (Lipinski definition) is 14. The fourth-order valence-electron chi connectivity index (χ4n) is 18.4. The van der Waals surface area contributed by atoms with E-state index in [4.69, 9.17) is 22.5 Å². The first kappa shape index (κ1) is 109. The second kappa shape index (κ2) is 49.2. The van der Waals surface area contributed by atoms with E-state index in [1.54, 1.807) is 51.1 Å². The highest BCUT2D eigenvalue weighted by Crippen LogP contribution is 2.36. The third-order valence-electron chi connectivity index (χ3n) is 26.4. The lowest BCUT2D eigenvalue weighted by Crippen LogP contribution is -2.41. The van der Waals surface area contributed by atoms with Gasteiger partial charge in [-0.3, -0.25) is 49.0 Å². The van der Waals surface area contributed by atoms with Crippen molar-refractivity contribution in [2.24, 2.45) is 5.73 Å². The second-order valence-electron chi connectivity index (χ2n) is 39.1. The van der Waals surface area contributed by atoms with Crippen LogP contribution in [0.25, 0.3) is 75.4 Å². The highest BCUT2D eigenvalue weighted by Gasteiger charge is 2.30. The normalized spacial score (nSPS) is 11.6. The molecule has 0 bridgehead atoms. The van der Waals surface area contributed by atoms with E-state index in [1.807, 2.05) is 308 Å². The van der Waals surface area contributed by atoms with E-state index in [0.717, 1.165) is 115 Å². The summed E-state index contributed by atoms with van der Waals surface area (Å²) in [6.45, 7) is 28.7. The van der Waals surface area contributed by atoms with Gasteiger partial charge in [-0.15, -0.1) is 0 Å². The van der Waals surface area contributed by atoms with Crippen molar-refractivity contribution in [1.82, 2.24) is 26.6 Å². The van der Waals surface area contributed by atoms with Crippen LogP contribution in [0.3, 0.4) is 0 Å². The number of non-ortho nitro benzene ring substituents is 2. The summed E-state index contributed by atoms with van der Waals surface area (Å²) in [7, 11) is 0. The first-order valence-electron chi connectivity index (χ1n) is 49.6. The molecule has 150 heavy (non-hydrogen) atoms. The summed E-state index contributed by atoms with van der Waals surface area (Å²) in [6, 6.07) is 126. The molecule has 0 unspecified atom stereocenters. The average Bonchev–Trinajstić information content (AvgIpc) is 0.768. The monoisotopic (exact) mass is 1990 g/mol. The minimum absolute atomic E-state index is 0.0873. The number of nitrogens with one attached hydrogen (secondary N) is 5. The van der Waals surface area contributed by atoms with Gasteiger partial charge in [-0.05, 0) is 282 Å². The third-order valence-corrected chi connectivity index (χ3v) is 26.4. The molecular weight excluding hydrogens is 1860 g/mol. The van der Waals surface area contributed by atoms with E-state index in [1.165, 1.54) is 46.0 Å². The average molecular weight is 1990 g/mol. The number of nitrogens with two attached hydrogens (primary N) is 3. The number of amides is 5. The number of aryl methyl sites for hydroxylation is 5. The molecule has 11 N–H and O–H groups in total. The first-order chi connectivity index (χ1) is 71.7. The highest BCUT2D eigenvalue weighted by atomic mass is 16.6. The highest BCUT2D eigenvalue weighted by molar-refractivity contribution is 6.02. The van der Waals surface area contributed by atoms with Crippen molar-refractivity contribution in [3.63, 3.8) is 0 Å². The molecule has 0 radical (unpaired) electrons. The smallest absolute Gasteiger partial charge is 0.270 e. The van der Waals surface area contributed by atoms with Gasteiger partial charge in [-0.25, -0.2) is 0 Å². The molecule has 19 rings (SSSR count). The minimum atomic E-state index is -0.644. The number of nitrogens with zero attached hydrogens (tertiary/aromatic N) is 3. The van der Waals surface area contributed by atoms with Crippen LogP contribution in [0.2, 0.25) is 0 Å². The maximum absolute atomic E-state index is 12.8. The fourth-order valence-corrected chi connectivity index (χ4v) is 18.4. The zero-order valence-electron chi connectivity index (χ0n) is 87.0. The summed E-state index contributed by atoms with van der Waals surface area (Å²) in [5, 5.41) is 62.0. The van der Waals surface area contributed by atoms with Crippen LogP contribution in [-0.4, -0.2) is 45.2 Å². The molecule has 5 amide bonds. The van der Waals surface area contributed by atoms with Crippen LogP contribution in [0, 0.1) is 66.2 Å². The SMILES string of the molecule is CC(=O)Cc1ccc(C)c(C(=O)N[C@H](C)c2cccc3ccccc23)c1.CC(C)(N)c1cccc2ccccc12.Cc1ccc(N)cc1C(=O)NC(C)(C)c1cccc2ccccc12.Cc1ccc(N)cc1C(=O)N[C@H](C)c1cccc2ccccc12.Cc1ccc([N+](=O)[O-])cc1C(=O)NC(C)(C)c1cccc2ccccc12.Cc1ccc([N+](=O)[O-])cc1C(=O)N[C@H](C)c1cccc2ccccc12.N#Cc1cccc2ccccc12. The van der Waals surface area contributed by atoms with Gasteiger partial charge in [0.25, 0.3) is 40.9 Å². The van der Waals surface area contributed by atoms with E-state index in [2.05, 4.69) is 142 Å². The molecule has 0 aromatic heterocycles. The predicted octanol–water partition coefficient (Wildman–Crippen LogP) is 28.4. The number of hydrogen-bond donors (Lipinski definition) is 8. The number of nitriles is 1. The van der Waals surface area contributed by atoms with Crippen molar-refractivity contribution < 1.29 is 38.6 Å². The Bertz CT molecular complexity index is 8270. The number of carbonyl (C=O) groups is 6. The Morgan fingerprint density at radius 2 is 0.567 bits per heavy atom. The van der Waals surface area contributed by atoms with Crippen LogP contribution in [0.15, 0.2) is 388 Å². The number of anilines is 2. The van der Waals surface area contributed by atoms with Crippen LogP contribution in [0.1, 0.15) is 211 Å². The number of fused-ring (bicyclic) bond motifs is 7. The van der Waals surface area contributed by atoms with Gasteiger partial charge in [0.1, 0.15) is 5.78 Å². The molecule has 0 saturated carbocycles. The number of Topliss-reactive ketones (excluding diaryl/α,β-unsaturated/α-hetero) is 1. The molecule has 21 nitrogen and oxygen atoms in total. The van der Waals surface area contributed by atoms with E-state index < -0.39 is 20.9 Å². The maximum atomic E-state index is 12.8. The molecule has 0 aliphatic heterocycles. The first-order valence-corrected chi connectivity index (χ1v) is 49.6. The summed E-state index contributed by atoms with van der Waals surface area (Å²) in [6.07, 6.45) is 0.347. The number of benzene rings is 19.